The fraction of sp³-hybridized carbons (Fsp3) is 0.500. The standard InChI is InChI=1S/C10H15N3O3/c1-6(2)4-8(14)12-9-7(10(15)16)5-11-13(9)3/h5-6H,4H2,1-3H3,(H,12,14)(H,15,16). The Kier molecular flexibility index (Phi) is 3.65. The molecule has 1 amide bonds. The minimum Gasteiger partial charge on any atom is -0.477 e. The lowest BCUT2D eigenvalue weighted by Gasteiger charge is -2.08. The second-order valence-electron chi connectivity index (χ2n) is 3.98. The van der Waals surface area contributed by atoms with Crippen LogP contribution in [0.1, 0.15) is 30.6 Å². The van der Waals surface area contributed by atoms with E-state index >= 15 is 0 Å². The molecule has 0 saturated heterocycles. The molecular weight excluding hydrogens is 210 g/mol. The number of aryl methyl sites for hydroxylation is 1. The van der Waals surface area contributed by atoms with Crippen LogP contribution < -0.4 is 5.32 Å². The van der Waals surface area contributed by atoms with E-state index in [0.717, 1.165) is 0 Å². The quantitative estimate of drug-likeness (QED) is 0.803. The van der Waals surface area contributed by atoms with Crippen molar-refractivity contribution in [1.82, 2.24) is 9.78 Å². The van der Waals surface area contributed by atoms with Crippen LogP contribution in [0.4, 0.5) is 5.82 Å². The lowest BCUT2D eigenvalue weighted by atomic mass is 10.1. The van der Waals surface area contributed by atoms with E-state index in [0.29, 0.717) is 6.42 Å². The Hall–Kier alpha value is -1.85. The molecule has 16 heavy (non-hydrogen) atoms. The van der Waals surface area contributed by atoms with E-state index in [9.17, 15) is 9.59 Å². The molecule has 0 aliphatic heterocycles. The monoisotopic (exact) mass is 225 g/mol. The molecular formula is C10H15N3O3. The van der Waals surface area contributed by atoms with Gasteiger partial charge in [-0.1, -0.05) is 13.8 Å². The smallest absolute Gasteiger partial charge is 0.341 e. The van der Waals surface area contributed by atoms with Crippen molar-refractivity contribution in [1.29, 1.82) is 0 Å². The lowest BCUT2D eigenvalue weighted by molar-refractivity contribution is -0.116. The van der Waals surface area contributed by atoms with Crippen LogP contribution in [0, 0.1) is 5.92 Å². The number of carboxylic acid groups (broad SMARTS) is 1. The SMILES string of the molecule is CC(C)CC(=O)Nc1c(C(=O)O)cnn1C. The molecule has 88 valence electrons. The fourth-order valence-corrected chi connectivity index (χ4v) is 1.30. The molecule has 0 saturated carbocycles. The summed E-state index contributed by atoms with van der Waals surface area (Å²) in [5, 5.41) is 15.2. The van der Waals surface area contributed by atoms with Gasteiger partial charge in [0.25, 0.3) is 0 Å². The van der Waals surface area contributed by atoms with Crippen LogP contribution in [0.5, 0.6) is 0 Å². The molecule has 0 aromatic carbocycles. The van der Waals surface area contributed by atoms with Gasteiger partial charge < -0.3 is 10.4 Å². The molecule has 0 bridgehead atoms. The van der Waals surface area contributed by atoms with Gasteiger partial charge in [-0.05, 0) is 5.92 Å². The summed E-state index contributed by atoms with van der Waals surface area (Å²) in [6.07, 6.45) is 1.57. The van der Waals surface area contributed by atoms with Crippen LogP contribution in [0.3, 0.4) is 0 Å². The topological polar surface area (TPSA) is 84.2 Å². The summed E-state index contributed by atoms with van der Waals surface area (Å²) in [5.74, 6) is -0.867. The molecule has 6 heteroatoms. The van der Waals surface area contributed by atoms with Crippen LogP contribution in [0.15, 0.2) is 6.20 Å². The molecule has 0 atom stereocenters. The number of aromatic nitrogens is 2. The molecule has 2 N–H and O–H groups in total. The highest BCUT2D eigenvalue weighted by Crippen LogP contribution is 2.14. The number of amides is 1. The van der Waals surface area contributed by atoms with E-state index in [4.69, 9.17) is 5.11 Å². The number of rotatable bonds is 4. The molecule has 0 aliphatic rings. The lowest BCUT2D eigenvalue weighted by Crippen LogP contribution is -2.18. The number of nitrogens with zero attached hydrogens (tertiary/aromatic N) is 2. The van der Waals surface area contributed by atoms with Gasteiger partial charge in [0.15, 0.2) is 0 Å². The summed E-state index contributed by atoms with van der Waals surface area (Å²) in [6.45, 7) is 3.84. The first-order chi connectivity index (χ1) is 7.41. The van der Waals surface area contributed by atoms with E-state index < -0.39 is 5.97 Å². The minimum absolute atomic E-state index is 0.000365. The molecule has 6 nitrogen and oxygen atoms in total. The number of carbonyl (C=O) groups is 2. The van der Waals surface area contributed by atoms with E-state index in [1.54, 1.807) is 7.05 Å². The molecule has 1 aromatic heterocycles. The largest absolute Gasteiger partial charge is 0.477 e. The third kappa shape index (κ3) is 2.82. The summed E-state index contributed by atoms with van der Waals surface area (Å²) in [4.78, 5) is 22.3. The van der Waals surface area contributed by atoms with Crippen molar-refractivity contribution in [2.24, 2.45) is 13.0 Å². The van der Waals surface area contributed by atoms with Gasteiger partial charge in [0.05, 0.1) is 6.20 Å². The molecule has 0 unspecified atom stereocenters. The summed E-state index contributed by atoms with van der Waals surface area (Å²) in [7, 11) is 1.58. The van der Waals surface area contributed by atoms with Crippen LogP contribution in [0.25, 0.3) is 0 Å². The Balaban J connectivity index is 2.84. The van der Waals surface area contributed by atoms with Crippen LogP contribution in [-0.4, -0.2) is 26.8 Å². The first kappa shape index (κ1) is 12.2. The van der Waals surface area contributed by atoms with Crippen molar-refractivity contribution in [2.45, 2.75) is 20.3 Å². The van der Waals surface area contributed by atoms with Gasteiger partial charge in [-0.25, -0.2) is 4.79 Å². The highest BCUT2D eigenvalue weighted by molar-refractivity contribution is 5.99. The second-order valence-corrected chi connectivity index (χ2v) is 3.98. The van der Waals surface area contributed by atoms with E-state index in [-0.39, 0.29) is 23.2 Å². The zero-order chi connectivity index (χ0) is 12.3. The molecule has 0 radical (unpaired) electrons. The Morgan fingerprint density at radius 1 is 1.56 bits per heavy atom. The first-order valence-corrected chi connectivity index (χ1v) is 4.97. The number of carboxylic acids is 1. The van der Waals surface area contributed by atoms with Crippen molar-refractivity contribution >= 4 is 17.7 Å². The van der Waals surface area contributed by atoms with Crippen molar-refractivity contribution in [3.8, 4) is 0 Å². The Bertz CT molecular complexity index is 409. The predicted molar refractivity (Wildman–Crippen MR) is 58.3 cm³/mol. The number of nitrogens with one attached hydrogen (secondary N) is 1. The van der Waals surface area contributed by atoms with Crippen molar-refractivity contribution < 1.29 is 14.7 Å². The summed E-state index contributed by atoms with van der Waals surface area (Å²) < 4.78 is 1.34. The minimum atomic E-state index is -1.10. The molecule has 1 heterocycles. The fourth-order valence-electron chi connectivity index (χ4n) is 1.30. The number of hydrogen-bond acceptors (Lipinski definition) is 3. The summed E-state index contributed by atoms with van der Waals surface area (Å²) in [6, 6.07) is 0. The molecule has 0 aliphatic carbocycles. The average molecular weight is 225 g/mol. The van der Waals surface area contributed by atoms with E-state index in [1.165, 1.54) is 10.9 Å². The van der Waals surface area contributed by atoms with Crippen LogP contribution >= 0.6 is 0 Å². The van der Waals surface area contributed by atoms with Gasteiger partial charge in [0.1, 0.15) is 11.4 Å². The Morgan fingerprint density at radius 2 is 2.19 bits per heavy atom. The number of hydrogen-bond donors (Lipinski definition) is 2. The van der Waals surface area contributed by atoms with Crippen molar-refractivity contribution in [2.75, 3.05) is 5.32 Å². The first-order valence-electron chi connectivity index (χ1n) is 4.97. The summed E-state index contributed by atoms with van der Waals surface area (Å²) >= 11 is 0. The highest BCUT2D eigenvalue weighted by Gasteiger charge is 2.17. The van der Waals surface area contributed by atoms with Crippen molar-refractivity contribution in [3.05, 3.63) is 11.8 Å². The van der Waals surface area contributed by atoms with Crippen LogP contribution in [-0.2, 0) is 11.8 Å². The van der Waals surface area contributed by atoms with Gasteiger partial charge in [-0.2, -0.15) is 5.10 Å². The summed E-state index contributed by atoms with van der Waals surface area (Å²) in [5.41, 5.74) is -0.000365. The molecule has 0 fully saturated rings. The van der Waals surface area contributed by atoms with Gasteiger partial charge in [-0.3, -0.25) is 9.48 Å². The predicted octanol–water partition coefficient (Wildman–Crippen LogP) is 1.10. The maximum absolute atomic E-state index is 11.5. The average Bonchev–Trinajstić information content (AvgIpc) is 2.46. The zero-order valence-corrected chi connectivity index (χ0v) is 9.52. The number of carbonyl (C=O) groups excluding carboxylic acids is 1. The number of anilines is 1. The third-order valence-electron chi connectivity index (χ3n) is 2.02. The second kappa shape index (κ2) is 4.78. The Labute approximate surface area is 93.3 Å². The molecule has 1 aromatic rings. The Morgan fingerprint density at radius 3 is 2.69 bits per heavy atom. The van der Waals surface area contributed by atoms with Gasteiger partial charge in [0, 0.05) is 13.5 Å². The van der Waals surface area contributed by atoms with Crippen LogP contribution in [0.2, 0.25) is 0 Å². The molecule has 0 spiro atoms. The van der Waals surface area contributed by atoms with Gasteiger partial charge in [-0.15, -0.1) is 0 Å². The zero-order valence-electron chi connectivity index (χ0n) is 9.52. The van der Waals surface area contributed by atoms with Crippen molar-refractivity contribution in [3.63, 3.8) is 0 Å². The van der Waals surface area contributed by atoms with Gasteiger partial charge in [0.2, 0.25) is 5.91 Å². The highest BCUT2D eigenvalue weighted by atomic mass is 16.4. The third-order valence-corrected chi connectivity index (χ3v) is 2.02. The maximum atomic E-state index is 11.5. The number of aromatic carboxylic acids is 1. The molecule has 1 rings (SSSR count). The van der Waals surface area contributed by atoms with Gasteiger partial charge >= 0.3 is 5.97 Å². The normalized spacial score (nSPS) is 10.5. The van der Waals surface area contributed by atoms with E-state index in [2.05, 4.69) is 10.4 Å². The maximum Gasteiger partial charge on any atom is 0.341 e. The van der Waals surface area contributed by atoms with E-state index in [1.807, 2.05) is 13.8 Å².